The van der Waals surface area contributed by atoms with Gasteiger partial charge in [-0.3, -0.25) is 9.35 Å². The van der Waals surface area contributed by atoms with E-state index in [0.717, 1.165) is 10.0 Å². The standard InChI is InChI=1S/C8H8BrNO.C8H7ClO3S/c1-5-2-3-6(8(10)11)7(9)4-5;9-8-3-1-2-7(6-8)4-5-13(10,11)12/h2-4H,1H3,(H2,10,11);1-6H,(H,10,11,12). The molecular weight excluding hydrogens is 418 g/mol. The molecule has 0 heterocycles. The molecule has 0 aliphatic rings. The van der Waals surface area contributed by atoms with Crippen molar-refractivity contribution in [2.75, 3.05) is 0 Å². The number of benzene rings is 2. The molecule has 0 aliphatic heterocycles. The number of primary amides is 1. The highest BCUT2D eigenvalue weighted by molar-refractivity contribution is 9.10. The molecule has 0 unspecified atom stereocenters. The van der Waals surface area contributed by atoms with Crippen LogP contribution < -0.4 is 5.73 Å². The van der Waals surface area contributed by atoms with Gasteiger partial charge in [0.2, 0.25) is 5.91 Å². The second-order valence-electron chi connectivity index (χ2n) is 4.72. The average Bonchev–Trinajstić information content (AvgIpc) is 2.45. The summed E-state index contributed by atoms with van der Waals surface area (Å²) >= 11 is 8.90. The number of hydrogen-bond acceptors (Lipinski definition) is 3. The summed E-state index contributed by atoms with van der Waals surface area (Å²) < 4.78 is 29.8. The van der Waals surface area contributed by atoms with E-state index in [2.05, 4.69) is 15.9 Å². The van der Waals surface area contributed by atoms with E-state index < -0.39 is 16.0 Å². The Morgan fingerprint density at radius 1 is 1.25 bits per heavy atom. The van der Waals surface area contributed by atoms with Crippen molar-refractivity contribution in [1.82, 2.24) is 0 Å². The minimum Gasteiger partial charge on any atom is -0.366 e. The molecule has 2 aromatic carbocycles. The van der Waals surface area contributed by atoms with E-state index in [1.165, 1.54) is 6.08 Å². The first-order chi connectivity index (χ1) is 11.1. The normalized spacial score (nSPS) is 11.0. The Hall–Kier alpha value is -1.67. The quantitative estimate of drug-likeness (QED) is 0.715. The SMILES string of the molecule is Cc1ccc(C(N)=O)c(Br)c1.O=S(=O)(O)C=Cc1cccc(Cl)c1. The van der Waals surface area contributed by atoms with Gasteiger partial charge in [0.25, 0.3) is 10.1 Å². The maximum atomic E-state index is 10.7. The van der Waals surface area contributed by atoms with E-state index in [9.17, 15) is 13.2 Å². The van der Waals surface area contributed by atoms with Crippen molar-refractivity contribution in [3.8, 4) is 0 Å². The molecule has 0 radical (unpaired) electrons. The highest BCUT2D eigenvalue weighted by atomic mass is 79.9. The molecule has 128 valence electrons. The summed E-state index contributed by atoms with van der Waals surface area (Å²) in [6.07, 6.45) is 1.27. The summed E-state index contributed by atoms with van der Waals surface area (Å²) in [6, 6.07) is 12.0. The summed E-state index contributed by atoms with van der Waals surface area (Å²) in [6.45, 7) is 1.95. The molecule has 0 saturated heterocycles. The van der Waals surface area contributed by atoms with Gasteiger partial charge in [0, 0.05) is 9.50 Å². The highest BCUT2D eigenvalue weighted by Gasteiger charge is 2.04. The lowest BCUT2D eigenvalue weighted by atomic mass is 10.1. The van der Waals surface area contributed by atoms with Crippen LogP contribution in [0.25, 0.3) is 6.08 Å². The van der Waals surface area contributed by atoms with E-state index in [1.54, 1.807) is 30.3 Å². The fourth-order valence-corrected chi connectivity index (χ4v) is 2.81. The number of carbonyl (C=O) groups is 1. The lowest BCUT2D eigenvalue weighted by molar-refractivity contribution is 0.0999. The van der Waals surface area contributed by atoms with Gasteiger partial charge in [-0.15, -0.1) is 0 Å². The lowest BCUT2D eigenvalue weighted by Gasteiger charge is -1.99. The zero-order chi connectivity index (χ0) is 18.3. The van der Waals surface area contributed by atoms with Gasteiger partial charge < -0.3 is 5.73 Å². The molecule has 0 bridgehead atoms. The number of rotatable bonds is 3. The fraction of sp³-hybridized carbons (Fsp3) is 0.0625. The molecule has 2 rings (SSSR count). The molecule has 0 aliphatic carbocycles. The van der Waals surface area contributed by atoms with Crippen molar-refractivity contribution in [1.29, 1.82) is 0 Å². The van der Waals surface area contributed by atoms with Crippen LogP contribution in [0.2, 0.25) is 5.02 Å². The summed E-state index contributed by atoms with van der Waals surface area (Å²) in [5, 5.41) is 1.22. The van der Waals surface area contributed by atoms with Crippen LogP contribution >= 0.6 is 27.5 Å². The van der Waals surface area contributed by atoms with Gasteiger partial charge in [-0.25, -0.2) is 0 Å². The van der Waals surface area contributed by atoms with Gasteiger partial charge in [-0.05, 0) is 64.3 Å². The fourth-order valence-electron chi connectivity index (χ4n) is 1.59. The van der Waals surface area contributed by atoms with Crippen LogP contribution in [0.5, 0.6) is 0 Å². The van der Waals surface area contributed by atoms with Gasteiger partial charge in [0.1, 0.15) is 0 Å². The second-order valence-corrected chi connectivity index (χ2v) is 7.31. The molecule has 0 spiro atoms. The molecule has 5 nitrogen and oxygen atoms in total. The Balaban J connectivity index is 0.000000243. The predicted octanol–water partition coefficient (Wildman–Crippen LogP) is 4.05. The van der Waals surface area contributed by atoms with Crippen LogP contribution in [-0.2, 0) is 10.1 Å². The molecule has 1 amide bonds. The molecule has 2 aromatic rings. The number of nitrogens with two attached hydrogens (primary N) is 1. The third-order valence-corrected chi connectivity index (χ3v) is 4.04. The molecule has 0 aromatic heterocycles. The third-order valence-electron chi connectivity index (χ3n) is 2.67. The van der Waals surface area contributed by atoms with Crippen molar-refractivity contribution in [3.05, 3.63) is 74.1 Å². The summed E-state index contributed by atoms with van der Waals surface area (Å²) in [7, 11) is -4.06. The molecule has 0 atom stereocenters. The number of carbonyl (C=O) groups excluding carboxylic acids is 1. The Bertz CT molecular complexity index is 866. The monoisotopic (exact) mass is 431 g/mol. The van der Waals surface area contributed by atoms with E-state index in [4.69, 9.17) is 21.9 Å². The van der Waals surface area contributed by atoms with Gasteiger partial charge in [0.05, 0.1) is 11.0 Å². The van der Waals surface area contributed by atoms with Crippen molar-refractivity contribution in [2.24, 2.45) is 5.73 Å². The molecule has 3 N–H and O–H groups in total. The van der Waals surface area contributed by atoms with E-state index in [0.29, 0.717) is 21.6 Å². The zero-order valence-corrected chi connectivity index (χ0v) is 15.8. The van der Waals surface area contributed by atoms with Crippen LogP contribution in [0, 0.1) is 6.92 Å². The molecular formula is C16H15BrClNO4S. The van der Waals surface area contributed by atoms with Crippen LogP contribution in [0.1, 0.15) is 21.5 Å². The molecule has 24 heavy (non-hydrogen) atoms. The largest absolute Gasteiger partial charge is 0.366 e. The maximum Gasteiger partial charge on any atom is 0.287 e. The van der Waals surface area contributed by atoms with Crippen LogP contribution in [0.15, 0.2) is 52.3 Å². The van der Waals surface area contributed by atoms with Crippen molar-refractivity contribution in [2.45, 2.75) is 6.92 Å². The Labute approximate surface area is 154 Å². The van der Waals surface area contributed by atoms with Crippen molar-refractivity contribution in [3.63, 3.8) is 0 Å². The molecule has 8 heteroatoms. The lowest BCUT2D eigenvalue weighted by Crippen LogP contribution is -2.11. The van der Waals surface area contributed by atoms with Crippen molar-refractivity contribution >= 4 is 49.6 Å². The van der Waals surface area contributed by atoms with Crippen molar-refractivity contribution < 1.29 is 17.8 Å². The zero-order valence-electron chi connectivity index (χ0n) is 12.6. The smallest absolute Gasteiger partial charge is 0.287 e. The molecule has 0 saturated carbocycles. The van der Waals surface area contributed by atoms with E-state index >= 15 is 0 Å². The Morgan fingerprint density at radius 3 is 2.42 bits per heavy atom. The van der Waals surface area contributed by atoms with Crippen LogP contribution in [-0.4, -0.2) is 18.9 Å². The topological polar surface area (TPSA) is 97.5 Å². The first-order valence-corrected chi connectivity index (χ1v) is 9.23. The number of aryl methyl sites for hydroxylation is 1. The van der Waals surface area contributed by atoms with Gasteiger partial charge in [-0.2, -0.15) is 8.42 Å². The third kappa shape index (κ3) is 7.74. The first-order valence-electron chi connectivity index (χ1n) is 6.55. The van der Waals surface area contributed by atoms with Crippen LogP contribution in [0.4, 0.5) is 0 Å². The minimum absolute atomic E-state index is 0.406. The number of halogens is 2. The van der Waals surface area contributed by atoms with Gasteiger partial charge >= 0.3 is 0 Å². The first kappa shape index (κ1) is 20.4. The van der Waals surface area contributed by atoms with Gasteiger partial charge in [-0.1, -0.05) is 29.8 Å². The second kappa shape index (κ2) is 8.98. The highest BCUT2D eigenvalue weighted by Crippen LogP contribution is 2.17. The predicted molar refractivity (Wildman–Crippen MR) is 99.4 cm³/mol. The minimum atomic E-state index is -4.06. The summed E-state index contributed by atoms with van der Waals surface area (Å²) in [5.74, 6) is -0.406. The number of hydrogen-bond donors (Lipinski definition) is 2. The molecule has 0 fully saturated rings. The Kier molecular flexibility index (Phi) is 7.62. The summed E-state index contributed by atoms with van der Waals surface area (Å²) in [5.41, 5.74) is 7.33. The Morgan fingerprint density at radius 2 is 1.92 bits per heavy atom. The summed E-state index contributed by atoms with van der Waals surface area (Å²) in [4.78, 5) is 10.7. The van der Waals surface area contributed by atoms with E-state index in [1.807, 2.05) is 19.1 Å². The average molecular weight is 433 g/mol. The number of amides is 1. The van der Waals surface area contributed by atoms with Crippen LogP contribution in [0.3, 0.4) is 0 Å². The maximum absolute atomic E-state index is 10.7. The van der Waals surface area contributed by atoms with Gasteiger partial charge in [0.15, 0.2) is 0 Å². The van der Waals surface area contributed by atoms with E-state index in [-0.39, 0.29) is 0 Å².